The van der Waals surface area contributed by atoms with Crippen molar-refractivity contribution in [2.75, 3.05) is 5.32 Å². The number of rotatable bonds is 4. The minimum atomic E-state index is -0.145. The van der Waals surface area contributed by atoms with Crippen molar-refractivity contribution in [3.8, 4) is 0 Å². The Morgan fingerprint density at radius 1 is 1.39 bits per heavy atom. The Morgan fingerprint density at radius 2 is 2.22 bits per heavy atom. The second-order valence-corrected chi connectivity index (χ2v) is 5.16. The van der Waals surface area contributed by atoms with Crippen molar-refractivity contribution in [3.05, 3.63) is 43.0 Å². The van der Waals surface area contributed by atoms with Gasteiger partial charge < -0.3 is 15.3 Å². The van der Waals surface area contributed by atoms with Crippen LogP contribution in [0.2, 0.25) is 0 Å². The molecule has 0 aliphatic heterocycles. The summed E-state index contributed by atoms with van der Waals surface area (Å²) in [5, 5.41) is 4.80. The van der Waals surface area contributed by atoms with E-state index in [1.807, 2.05) is 0 Å². The summed E-state index contributed by atoms with van der Waals surface area (Å²) in [4.78, 5) is 32.2. The van der Waals surface area contributed by atoms with Crippen molar-refractivity contribution < 1.29 is 0 Å². The molecule has 3 N–H and O–H groups in total. The zero-order chi connectivity index (χ0) is 12.5. The molecule has 0 spiro atoms. The van der Waals surface area contributed by atoms with Crippen molar-refractivity contribution >= 4 is 17.2 Å². The van der Waals surface area contributed by atoms with E-state index < -0.39 is 0 Å². The molecule has 1 aliphatic rings. The van der Waals surface area contributed by atoms with Gasteiger partial charge in [-0.25, -0.2) is 4.98 Å². The smallest absolute Gasteiger partial charge is 0.304 e. The third kappa shape index (κ3) is 2.51. The van der Waals surface area contributed by atoms with E-state index in [1.54, 1.807) is 5.38 Å². The van der Waals surface area contributed by atoms with Crippen LogP contribution in [0.3, 0.4) is 0 Å². The highest BCUT2D eigenvalue weighted by molar-refractivity contribution is 7.07. The summed E-state index contributed by atoms with van der Waals surface area (Å²) in [5.74, 6) is 1.71. The van der Waals surface area contributed by atoms with Gasteiger partial charge in [-0.15, -0.1) is 0 Å². The first-order valence-corrected chi connectivity index (χ1v) is 6.60. The summed E-state index contributed by atoms with van der Waals surface area (Å²) in [7, 11) is 0. The van der Waals surface area contributed by atoms with Crippen LogP contribution in [0.15, 0.2) is 21.0 Å². The van der Waals surface area contributed by atoms with Crippen LogP contribution in [-0.2, 0) is 6.54 Å². The van der Waals surface area contributed by atoms with Crippen molar-refractivity contribution in [1.82, 2.24) is 15.0 Å². The summed E-state index contributed by atoms with van der Waals surface area (Å²) in [6.45, 7) is 0.458. The number of nitrogens with zero attached hydrogens (tertiary/aromatic N) is 1. The van der Waals surface area contributed by atoms with Gasteiger partial charge in [0, 0.05) is 23.1 Å². The van der Waals surface area contributed by atoms with E-state index in [4.69, 9.17) is 0 Å². The first kappa shape index (κ1) is 11.2. The number of thiazole rings is 1. The second kappa shape index (κ2) is 4.41. The van der Waals surface area contributed by atoms with Crippen LogP contribution in [0.1, 0.15) is 30.3 Å². The summed E-state index contributed by atoms with van der Waals surface area (Å²) in [6, 6.07) is 1.43. The Kier molecular flexibility index (Phi) is 2.75. The van der Waals surface area contributed by atoms with Gasteiger partial charge in [-0.3, -0.25) is 9.59 Å². The van der Waals surface area contributed by atoms with Crippen LogP contribution in [0.4, 0.5) is 5.82 Å². The molecular formula is C11H12N4O2S. The number of hydrogen-bond acceptors (Lipinski definition) is 5. The minimum Gasteiger partial charge on any atom is -0.364 e. The van der Waals surface area contributed by atoms with Gasteiger partial charge in [0.2, 0.25) is 0 Å². The SMILES string of the molecule is O=c1cc(NCc2csc(=O)[nH]2)nc(C2CC2)[nH]1. The Morgan fingerprint density at radius 3 is 2.89 bits per heavy atom. The molecule has 0 amide bonds. The van der Waals surface area contributed by atoms with E-state index in [1.165, 1.54) is 6.07 Å². The predicted molar refractivity (Wildman–Crippen MR) is 69.1 cm³/mol. The maximum Gasteiger partial charge on any atom is 0.304 e. The van der Waals surface area contributed by atoms with Crippen LogP contribution in [-0.4, -0.2) is 15.0 Å². The maximum atomic E-state index is 11.5. The number of hydrogen-bond donors (Lipinski definition) is 3. The number of aromatic nitrogens is 3. The third-order valence-electron chi connectivity index (χ3n) is 2.75. The van der Waals surface area contributed by atoms with Gasteiger partial charge in [0.25, 0.3) is 5.56 Å². The zero-order valence-corrected chi connectivity index (χ0v) is 10.3. The van der Waals surface area contributed by atoms with E-state index in [9.17, 15) is 9.59 Å². The zero-order valence-electron chi connectivity index (χ0n) is 9.53. The topological polar surface area (TPSA) is 90.6 Å². The summed E-state index contributed by atoms with van der Waals surface area (Å²) in [5.41, 5.74) is 0.647. The molecule has 3 rings (SSSR count). The quantitative estimate of drug-likeness (QED) is 0.768. The molecule has 1 aliphatic carbocycles. The van der Waals surface area contributed by atoms with E-state index >= 15 is 0 Å². The number of nitrogens with one attached hydrogen (secondary N) is 3. The summed E-state index contributed by atoms with van der Waals surface area (Å²) in [6.07, 6.45) is 2.18. The Hall–Kier alpha value is -1.89. The van der Waals surface area contributed by atoms with Crippen LogP contribution < -0.4 is 15.7 Å². The third-order valence-corrected chi connectivity index (χ3v) is 3.47. The lowest BCUT2D eigenvalue weighted by atomic mass is 10.4. The number of aromatic amines is 2. The molecule has 94 valence electrons. The Balaban J connectivity index is 1.75. The van der Waals surface area contributed by atoms with Gasteiger partial charge in [-0.05, 0) is 12.8 Å². The highest BCUT2D eigenvalue weighted by Gasteiger charge is 2.26. The molecule has 0 atom stereocenters. The molecule has 0 unspecified atom stereocenters. The molecule has 0 radical (unpaired) electrons. The number of H-pyrrole nitrogens is 2. The monoisotopic (exact) mass is 264 g/mol. The summed E-state index contributed by atoms with van der Waals surface area (Å²) < 4.78 is 0. The van der Waals surface area contributed by atoms with Gasteiger partial charge in [-0.1, -0.05) is 11.3 Å². The van der Waals surface area contributed by atoms with E-state index in [-0.39, 0.29) is 10.4 Å². The van der Waals surface area contributed by atoms with Gasteiger partial charge >= 0.3 is 4.87 Å². The second-order valence-electron chi connectivity index (χ2n) is 4.32. The van der Waals surface area contributed by atoms with Gasteiger partial charge in [-0.2, -0.15) is 0 Å². The molecule has 1 saturated carbocycles. The summed E-state index contributed by atoms with van der Waals surface area (Å²) >= 11 is 1.12. The standard InChI is InChI=1S/C11H12N4O2S/c16-9-3-8(14-10(15-9)6-1-2-6)12-4-7-5-18-11(17)13-7/h3,5-6H,1-2,4H2,(H,13,17)(H2,12,14,15,16). The fourth-order valence-corrected chi connectivity index (χ4v) is 2.29. The first-order valence-electron chi connectivity index (χ1n) is 5.72. The highest BCUT2D eigenvalue weighted by Crippen LogP contribution is 2.37. The normalized spacial score (nSPS) is 14.7. The molecule has 6 nitrogen and oxygen atoms in total. The van der Waals surface area contributed by atoms with Gasteiger partial charge in [0.15, 0.2) is 0 Å². The van der Waals surface area contributed by atoms with Crippen molar-refractivity contribution in [2.24, 2.45) is 0 Å². The fraction of sp³-hybridized carbons (Fsp3) is 0.364. The highest BCUT2D eigenvalue weighted by atomic mass is 32.1. The average molecular weight is 264 g/mol. The molecule has 2 aromatic rings. The largest absolute Gasteiger partial charge is 0.364 e. The molecule has 2 heterocycles. The van der Waals surface area contributed by atoms with Crippen LogP contribution in [0.5, 0.6) is 0 Å². The van der Waals surface area contributed by atoms with E-state index in [0.717, 1.165) is 35.7 Å². The van der Waals surface area contributed by atoms with Gasteiger partial charge in [0.1, 0.15) is 11.6 Å². The van der Waals surface area contributed by atoms with Crippen LogP contribution in [0, 0.1) is 0 Å². The van der Waals surface area contributed by atoms with Crippen LogP contribution in [0.25, 0.3) is 0 Å². The maximum absolute atomic E-state index is 11.5. The van der Waals surface area contributed by atoms with Gasteiger partial charge in [0.05, 0.1) is 6.54 Å². The number of anilines is 1. The van der Waals surface area contributed by atoms with Crippen LogP contribution >= 0.6 is 11.3 Å². The lowest BCUT2D eigenvalue weighted by molar-refractivity contribution is 0.901. The first-order chi connectivity index (χ1) is 8.70. The van der Waals surface area contributed by atoms with Crippen molar-refractivity contribution in [1.29, 1.82) is 0 Å². The predicted octanol–water partition coefficient (Wildman–Crippen LogP) is 1.01. The molecule has 0 bridgehead atoms. The molecule has 0 aromatic carbocycles. The average Bonchev–Trinajstić information content (AvgIpc) is 3.10. The lowest BCUT2D eigenvalue weighted by Crippen LogP contribution is -2.13. The molecule has 7 heteroatoms. The van der Waals surface area contributed by atoms with E-state index in [0.29, 0.717) is 18.3 Å². The van der Waals surface area contributed by atoms with Crippen molar-refractivity contribution in [2.45, 2.75) is 25.3 Å². The lowest BCUT2D eigenvalue weighted by Gasteiger charge is -2.05. The molecule has 18 heavy (non-hydrogen) atoms. The molecular weight excluding hydrogens is 252 g/mol. The Bertz CT molecular complexity index is 668. The minimum absolute atomic E-state index is 0.0793. The van der Waals surface area contributed by atoms with E-state index in [2.05, 4.69) is 20.3 Å². The molecule has 1 fully saturated rings. The fourth-order valence-electron chi connectivity index (χ4n) is 1.70. The Labute approximate surface area is 106 Å². The molecule has 0 saturated heterocycles. The molecule has 2 aromatic heterocycles. The van der Waals surface area contributed by atoms with Crippen molar-refractivity contribution in [3.63, 3.8) is 0 Å².